The minimum absolute atomic E-state index is 0.428. The average molecular weight is 284 g/mol. The van der Waals surface area contributed by atoms with Gasteiger partial charge in [-0.3, -0.25) is 10.9 Å². The SMILES string of the molecule is CCOc1ccc(NC(=S)NNC(=S)NC)cc1. The molecule has 0 aliphatic carbocycles. The summed E-state index contributed by atoms with van der Waals surface area (Å²) < 4.78 is 5.35. The van der Waals surface area contributed by atoms with Gasteiger partial charge < -0.3 is 15.4 Å². The second-order valence-corrected chi connectivity index (χ2v) is 4.06. The number of hydrazine groups is 1. The number of thiocarbonyl (C=S) groups is 2. The summed E-state index contributed by atoms with van der Waals surface area (Å²) in [4.78, 5) is 0. The van der Waals surface area contributed by atoms with Crippen LogP contribution in [0.3, 0.4) is 0 Å². The molecule has 0 heterocycles. The summed E-state index contributed by atoms with van der Waals surface area (Å²) in [7, 11) is 1.72. The molecule has 18 heavy (non-hydrogen) atoms. The second-order valence-electron chi connectivity index (χ2n) is 3.24. The molecule has 0 spiro atoms. The van der Waals surface area contributed by atoms with Gasteiger partial charge in [0.15, 0.2) is 10.2 Å². The maximum atomic E-state index is 5.35. The highest BCUT2D eigenvalue weighted by atomic mass is 32.1. The van der Waals surface area contributed by atoms with Crippen molar-refractivity contribution in [2.75, 3.05) is 19.0 Å². The van der Waals surface area contributed by atoms with Crippen LogP contribution in [0, 0.1) is 0 Å². The smallest absolute Gasteiger partial charge is 0.189 e. The highest BCUT2D eigenvalue weighted by molar-refractivity contribution is 7.80. The van der Waals surface area contributed by atoms with Crippen LogP contribution < -0.4 is 26.2 Å². The largest absolute Gasteiger partial charge is 0.494 e. The Hall–Kier alpha value is -1.60. The van der Waals surface area contributed by atoms with Crippen molar-refractivity contribution >= 4 is 40.3 Å². The fourth-order valence-electron chi connectivity index (χ4n) is 1.14. The first-order valence-electron chi connectivity index (χ1n) is 5.43. The second kappa shape index (κ2) is 7.67. The van der Waals surface area contributed by atoms with Gasteiger partial charge in [-0.15, -0.1) is 0 Å². The van der Waals surface area contributed by atoms with Gasteiger partial charge in [-0.05, 0) is 55.6 Å². The number of benzene rings is 1. The Balaban J connectivity index is 2.42. The van der Waals surface area contributed by atoms with Gasteiger partial charge in [0, 0.05) is 12.7 Å². The van der Waals surface area contributed by atoms with Crippen molar-refractivity contribution < 1.29 is 4.74 Å². The lowest BCUT2D eigenvalue weighted by atomic mass is 10.3. The molecule has 1 rings (SSSR count). The molecule has 0 fully saturated rings. The average Bonchev–Trinajstić information content (AvgIpc) is 2.38. The number of nitrogens with one attached hydrogen (secondary N) is 4. The normalized spacial score (nSPS) is 9.22. The third kappa shape index (κ3) is 5.15. The highest BCUT2D eigenvalue weighted by Crippen LogP contribution is 2.15. The molecule has 0 aliphatic heterocycles. The van der Waals surface area contributed by atoms with E-state index in [1.165, 1.54) is 0 Å². The van der Waals surface area contributed by atoms with Crippen molar-refractivity contribution in [2.24, 2.45) is 0 Å². The van der Waals surface area contributed by atoms with Gasteiger partial charge in [-0.2, -0.15) is 0 Å². The summed E-state index contributed by atoms with van der Waals surface area (Å²) in [5.41, 5.74) is 6.35. The number of rotatable bonds is 3. The van der Waals surface area contributed by atoms with Crippen LogP contribution in [0.5, 0.6) is 5.75 Å². The van der Waals surface area contributed by atoms with E-state index >= 15 is 0 Å². The van der Waals surface area contributed by atoms with Crippen LogP contribution in [0.15, 0.2) is 24.3 Å². The summed E-state index contributed by atoms with van der Waals surface area (Å²) in [5.74, 6) is 0.830. The van der Waals surface area contributed by atoms with Crippen LogP contribution in [0.25, 0.3) is 0 Å². The number of hydrogen-bond acceptors (Lipinski definition) is 3. The van der Waals surface area contributed by atoms with Gasteiger partial charge in [0.05, 0.1) is 6.61 Å². The molecule has 0 aliphatic rings. The topological polar surface area (TPSA) is 57.4 Å². The minimum atomic E-state index is 0.428. The van der Waals surface area contributed by atoms with E-state index in [9.17, 15) is 0 Å². The standard InChI is InChI=1S/C11H16N4OS2/c1-3-16-9-6-4-8(5-7-9)13-11(18)15-14-10(17)12-2/h4-7H,3H2,1-2H3,(H2,12,14,17)(H2,13,15,18). The molecule has 1 aromatic rings. The molecule has 98 valence electrons. The molecule has 0 amide bonds. The zero-order chi connectivity index (χ0) is 13.4. The lowest BCUT2D eigenvalue weighted by Gasteiger charge is -2.13. The maximum absolute atomic E-state index is 5.35. The van der Waals surface area contributed by atoms with Crippen molar-refractivity contribution in [3.05, 3.63) is 24.3 Å². The van der Waals surface area contributed by atoms with Crippen molar-refractivity contribution in [2.45, 2.75) is 6.92 Å². The van der Waals surface area contributed by atoms with Crippen molar-refractivity contribution in [1.82, 2.24) is 16.2 Å². The predicted octanol–water partition coefficient (Wildman–Crippen LogP) is 1.38. The van der Waals surface area contributed by atoms with Crippen molar-refractivity contribution in [1.29, 1.82) is 0 Å². The van der Waals surface area contributed by atoms with E-state index in [1.54, 1.807) is 7.05 Å². The molecule has 0 saturated carbocycles. The molecule has 0 radical (unpaired) electrons. The first-order valence-corrected chi connectivity index (χ1v) is 6.25. The van der Waals surface area contributed by atoms with E-state index in [0.717, 1.165) is 11.4 Å². The molecular weight excluding hydrogens is 268 g/mol. The molecule has 1 aromatic carbocycles. The minimum Gasteiger partial charge on any atom is -0.494 e. The van der Waals surface area contributed by atoms with E-state index in [0.29, 0.717) is 16.8 Å². The van der Waals surface area contributed by atoms with Gasteiger partial charge in [0.1, 0.15) is 5.75 Å². The lowest BCUT2D eigenvalue weighted by Crippen LogP contribution is -2.47. The summed E-state index contributed by atoms with van der Waals surface area (Å²) in [6.07, 6.45) is 0. The Kier molecular flexibility index (Phi) is 6.16. The highest BCUT2D eigenvalue weighted by Gasteiger charge is 1.98. The van der Waals surface area contributed by atoms with Gasteiger partial charge in [-0.1, -0.05) is 0 Å². The molecule has 7 heteroatoms. The molecule has 0 saturated heterocycles. The quantitative estimate of drug-likeness (QED) is 0.494. The Bertz CT molecular complexity index is 408. The Morgan fingerprint density at radius 1 is 1.11 bits per heavy atom. The third-order valence-corrected chi connectivity index (χ3v) is 2.45. The summed E-state index contributed by atoms with van der Waals surface area (Å²) in [6.45, 7) is 2.60. The Morgan fingerprint density at radius 2 is 1.72 bits per heavy atom. The molecule has 0 aromatic heterocycles. The molecule has 5 nitrogen and oxygen atoms in total. The fraction of sp³-hybridized carbons (Fsp3) is 0.273. The summed E-state index contributed by atoms with van der Waals surface area (Å²) in [6, 6.07) is 7.52. The van der Waals surface area contributed by atoms with Crippen molar-refractivity contribution in [3.8, 4) is 5.75 Å². The van der Waals surface area contributed by atoms with Gasteiger partial charge in [0.25, 0.3) is 0 Å². The monoisotopic (exact) mass is 284 g/mol. The molecule has 0 unspecified atom stereocenters. The third-order valence-electron chi connectivity index (χ3n) is 1.94. The van der Waals surface area contributed by atoms with Crippen LogP contribution in [-0.4, -0.2) is 23.9 Å². The van der Waals surface area contributed by atoms with Crippen LogP contribution in [0.4, 0.5) is 5.69 Å². The first-order chi connectivity index (χ1) is 8.65. The van der Waals surface area contributed by atoms with E-state index in [1.807, 2.05) is 31.2 Å². The lowest BCUT2D eigenvalue weighted by molar-refractivity contribution is 0.340. The van der Waals surface area contributed by atoms with Crippen LogP contribution in [0.1, 0.15) is 6.92 Å². The van der Waals surface area contributed by atoms with Crippen LogP contribution >= 0.6 is 24.4 Å². The summed E-state index contributed by atoms with van der Waals surface area (Å²) in [5, 5.41) is 6.66. The Labute approximate surface area is 117 Å². The summed E-state index contributed by atoms with van der Waals surface area (Å²) >= 11 is 9.98. The van der Waals surface area contributed by atoms with Crippen molar-refractivity contribution in [3.63, 3.8) is 0 Å². The zero-order valence-electron chi connectivity index (χ0n) is 10.2. The van der Waals surface area contributed by atoms with E-state index in [2.05, 4.69) is 21.5 Å². The molecule has 0 atom stereocenters. The van der Waals surface area contributed by atoms with Gasteiger partial charge >= 0.3 is 0 Å². The van der Waals surface area contributed by atoms with Gasteiger partial charge in [0.2, 0.25) is 0 Å². The van der Waals surface area contributed by atoms with Crippen LogP contribution in [-0.2, 0) is 0 Å². The molecule has 0 bridgehead atoms. The first kappa shape index (κ1) is 14.5. The van der Waals surface area contributed by atoms with E-state index in [-0.39, 0.29) is 0 Å². The van der Waals surface area contributed by atoms with E-state index in [4.69, 9.17) is 29.2 Å². The number of hydrogen-bond donors (Lipinski definition) is 4. The maximum Gasteiger partial charge on any atom is 0.189 e. The molecular formula is C11H16N4OS2. The number of anilines is 1. The predicted molar refractivity (Wildman–Crippen MR) is 81.8 cm³/mol. The number of ether oxygens (including phenoxy) is 1. The molecule has 4 N–H and O–H groups in total. The zero-order valence-corrected chi connectivity index (χ0v) is 11.9. The van der Waals surface area contributed by atoms with Gasteiger partial charge in [-0.25, -0.2) is 0 Å². The van der Waals surface area contributed by atoms with E-state index < -0.39 is 0 Å². The fourth-order valence-corrected chi connectivity index (χ4v) is 1.36. The Morgan fingerprint density at radius 3 is 2.28 bits per heavy atom. The van der Waals surface area contributed by atoms with Crippen LogP contribution in [0.2, 0.25) is 0 Å².